The van der Waals surface area contributed by atoms with Crippen molar-refractivity contribution in [3.05, 3.63) is 65.6 Å². The Bertz CT molecular complexity index is 1700. The predicted molar refractivity (Wildman–Crippen MR) is 175 cm³/mol. The molecule has 0 radical (unpaired) electrons. The van der Waals surface area contributed by atoms with Crippen molar-refractivity contribution in [3.8, 4) is 22.7 Å². The molecule has 0 unspecified atom stereocenters. The van der Waals surface area contributed by atoms with E-state index in [1.807, 2.05) is 24.3 Å². The van der Waals surface area contributed by atoms with Crippen molar-refractivity contribution < 1.29 is 9.13 Å². The van der Waals surface area contributed by atoms with E-state index in [-0.39, 0.29) is 11.8 Å². The molecule has 0 spiro atoms. The van der Waals surface area contributed by atoms with Crippen molar-refractivity contribution in [3.63, 3.8) is 0 Å². The molecule has 3 aliphatic carbocycles. The number of nitrogens with one attached hydrogen (secondary N) is 1. The number of hydrogen-bond donors (Lipinski definition) is 2. The number of halogens is 1. The predicted octanol–water partition coefficient (Wildman–Crippen LogP) is 6.62. The van der Waals surface area contributed by atoms with Gasteiger partial charge in [-0.3, -0.25) is 0 Å². The summed E-state index contributed by atoms with van der Waals surface area (Å²) in [5.74, 6) is 2.67. The first-order valence-corrected chi connectivity index (χ1v) is 16.5. The third-order valence-electron chi connectivity index (χ3n) is 10.5. The number of ether oxygens (including phenoxy) is 1. The molecular weight excluding hydrogens is 567 g/mol. The van der Waals surface area contributed by atoms with Crippen molar-refractivity contribution in [2.24, 2.45) is 0 Å². The van der Waals surface area contributed by atoms with E-state index in [2.05, 4.69) is 43.4 Å². The maximum atomic E-state index is 15.4. The van der Waals surface area contributed by atoms with E-state index in [1.165, 1.54) is 50.4 Å². The lowest BCUT2D eigenvalue weighted by Crippen LogP contribution is -2.44. The molecule has 4 aromatic rings. The molecular formula is C35H41FN8O. The van der Waals surface area contributed by atoms with Crippen molar-refractivity contribution in [2.45, 2.75) is 69.2 Å². The fraction of sp³-hybridized carbons (Fsp3) is 0.457. The first kappa shape index (κ1) is 28.3. The monoisotopic (exact) mass is 608 g/mol. The van der Waals surface area contributed by atoms with Gasteiger partial charge in [-0.2, -0.15) is 9.67 Å². The van der Waals surface area contributed by atoms with Crippen LogP contribution in [0.1, 0.15) is 74.5 Å². The fourth-order valence-corrected chi connectivity index (χ4v) is 8.19. The molecule has 0 amide bonds. The lowest BCUT2D eigenvalue weighted by atomic mass is 9.67. The highest BCUT2D eigenvalue weighted by Gasteiger charge is 2.37. The van der Waals surface area contributed by atoms with E-state index >= 15 is 4.39 Å². The van der Waals surface area contributed by atoms with E-state index in [0.717, 1.165) is 61.3 Å². The minimum Gasteiger partial charge on any atom is -0.497 e. The first-order valence-electron chi connectivity index (χ1n) is 16.5. The summed E-state index contributed by atoms with van der Waals surface area (Å²) in [6.07, 6.45) is 9.47. The van der Waals surface area contributed by atoms with Crippen LogP contribution in [-0.4, -0.2) is 64.0 Å². The van der Waals surface area contributed by atoms with Crippen LogP contribution in [0.4, 0.5) is 27.7 Å². The van der Waals surface area contributed by atoms with Crippen LogP contribution in [0.2, 0.25) is 0 Å². The fourth-order valence-electron chi connectivity index (χ4n) is 8.19. The number of nitrogens with two attached hydrogens (primary N) is 1. The zero-order chi connectivity index (χ0) is 30.5. The van der Waals surface area contributed by atoms with E-state index in [9.17, 15) is 0 Å². The molecule has 3 N–H and O–H groups in total. The molecule has 9 nitrogen and oxygen atoms in total. The number of pyridine rings is 1. The molecule has 45 heavy (non-hydrogen) atoms. The molecule has 2 aromatic carbocycles. The Hall–Kier alpha value is -4.18. The Labute approximate surface area is 263 Å². The van der Waals surface area contributed by atoms with Crippen LogP contribution in [0.15, 0.2) is 48.5 Å². The molecule has 2 aliphatic heterocycles. The number of hydrogen-bond acceptors (Lipinski definition) is 8. The minimum atomic E-state index is -0.249. The second-order valence-electron chi connectivity index (χ2n) is 13.1. The van der Waals surface area contributed by atoms with Gasteiger partial charge in [0.15, 0.2) is 5.82 Å². The van der Waals surface area contributed by atoms with Crippen LogP contribution in [-0.2, 0) is 0 Å². The van der Waals surface area contributed by atoms with Crippen LogP contribution in [0, 0.1) is 5.82 Å². The van der Waals surface area contributed by atoms with Gasteiger partial charge in [-0.05, 0) is 123 Å². The van der Waals surface area contributed by atoms with Crippen LogP contribution >= 0.6 is 0 Å². The third kappa shape index (κ3) is 5.28. The van der Waals surface area contributed by atoms with Gasteiger partial charge in [0, 0.05) is 30.7 Å². The van der Waals surface area contributed by atoms with Gasteiger partial charge in [0.25, 0.3) is 0 Å². The van der Waals surface area contributed by atoms with Gasteiger partial charge in [-0.1, -0.05) is 12.1 Å². The standard InChI is InChI=1S/C35H41FN8O/c1-45-27-6-4-5-24(19-27)28-21-31(39-33-23-9-7-22(8-10-23)32(28)33)44-34(37)40-35(41-44)38-25-11-12-30(29(36)20-25)43-17-13-26(14-18-43)42-15-2-3-16-42/h4-6,11-12,19-23,26H,2-3,7-10,13-18H2,1H3,(H3,37,38,40,41). The summed E-state index contributed by atoms with van der Waals surface area (Å²) in [5, 5.41) is 7.86. The molecule has 2 aromatic heterocycles. The number of aromatic nitrogens is 4. The van der Waals surface area contributed by atoms with E-state index < -0.39 is 0 Å². The SMILES string of the molecule is COc1cccc(-c2cc(-n3nc(Nc4ccc(N5CCC(N6CCCC6)CC5)c(F)c4)nc3N)nc3c2C2CCC3CC2)c1. The summed E-state index contributed by atoms with van der Waals surface area (Å²) in [6, 6.07) is 16.1. The zero-order valence-corrected chi connectivity index (χ0v) is 25.9. The van der Waals surface area contributed by atoms with Gasteiger partial charge < -0.3 is 25.6 Å². The Morgan fingerprint density at radius 1 is 0.889 bits per heavy atom. The number of methoxy groups -OCH3 is 1. The number of piperidine rings is 1. The molecule has 3 fully saturated rings. The van der Waals surface area contributed by atoms with E-state index in [1.54, 1.807) is 11.8 Å². The Balaban J connectivity index is 1.05. The molecule has 9 rings (SSSR count). The number of nitrogen functional groups attached to an aromatic ring is 1. The van der Waals surface area contributed by atoms with Crippen LogP contribution in [0.5, 0.6) is 5.75 Å². The van der Waals surface area contributed by atoms with Crippen LogP contribution in [0.25, 0.3) is 16.9 Å². The zero-order valence-electron chi connectivity index (χ0n) is 25.9. The minimum absolute atomic E-state index is 0.223. The van der Waals surface area contributed by atoms with Crippen molar-refractivity contribution in [1.82, 2.24) is 24.6 Å². The summed E-state index contributed by atoms with van der Waals surface area (Å²) in [7, 11) is 1.69. The summed E-state index contributed by atoms with van der Waals surface area (Å²) in [5.41, 5.74) is 12.4. The van der Waals surface area contributed by atoms with Gasteiger partial charge in [0.1, 0.15) is 11.6 Å². The smallest absolute Gasteiger partial charge is 0.248 e. The number of benzene rings is 2. The second-order valence-corrected chi connectivity index (χ2v) is 13.1. The van der Waals surface area contributed by atoms with Crippen LogP contribution < -0.4 is 20.7 Å². The highest BCUT2D eigenvalue weighted by atomic mass is 19.1. The lowest BCUT2D eigenvalue weighted by Gasteiger charge is -2.39. The molecule has 5 aliphatic rings. The highest BCUT2D eigenvalue weighted by molar-refractivity contribution is 5.73. The average molecular weight is 609 g/mol. The van der Waals surface area contributed by atoms with Crippen molar-refractivity contribution in [2.75, 3.05) is 49.2 Å². The molecule has 10 heteroatoms. The largest absolute Gasteiger partial charge is 0.497 e. The van der Waals surface area contributed by atoms with Gasteiger partial charge in [-0.25, -0.2) is 9.37 Å². The maximum Gasteiger partial charge on any atom is 0.248 e. The van der Waals surface area contributed by atoms with Gasteiger partial charge >= 0.3 is 0 Å². The number of fused-ring (bicyclic) bond motifs is 2. The van der Waals surface area contributed by atoms with Gasteiger partial charge in [-0.15, -0.1) is 5.10 Å². The molecule has 234 valence electrons. The molecule has 1 saturated carbocycles. The molecule has 4 heterocycles. The summed E-state index contributed by atoms with van der Waals surface area (Å²) in [4.78, 5) is 14.4. The van der Waals surface area contributed by atoms with Crippen molar-refractivity contribution >= 4 is 23.3 Å². The second kappa shape index (κ2) is 11.6. The average Bonchev–Trinajstić information content (AvgIpc) is 3.75. The molecule has 2 saturated heterocycles. The van der Waals surface area contributed by atoms with Crippen LogP contribution in [0.3, 0.4) is 0 Å². The number of likely N-dealkylation sites (tertiary alicyclic amines) is 1. The van der Waals surface area contributed by atoms with Gasteiger partial charge in [0.05, 0.1) is 18.5 Å². The number of nitrogens with zero attached hydrogens (tertiary/aromatic N) is 6. The maximum absolute atomic E-state index is 15.4. The first-order chi connectivity index (χ1) is 22.0. The van der Waals surface area contributed by atoms with Crippen molar-refractivity contribution in [1.29, 1.82) is 0 Å². The third-order valence-corrected chi connectivity index (χ3v) is 10.5. The topological polar surface area (TPSA) is 97.4 Å². The Kier molecular flexibility index (Phi) is 7.32. The quantitative estimate of drug-likeness (QED) is 0.242. The summed E-state index contributed by atoms with van der Waals surface area (Å²) < 4.78 is 22.5. The van der Waals surface area contributed by atoms with E-state index in [4.69, 9.17) is 15.5 Å². The summed E-state index contributed by atoms with van der Waals surface area (Å²) >= 11 is 0. The number of anilines is 4. The molecule has 2 bridgehead atoms. The summed E-state index contributed by atoms with van der Waals surface area (Å²) in [6.45, 7) is 4.17. The Morgan fingerprint density at radius 2 is 1.67 bits per heavy atom. The lowest BCUT2D eigenvalue weighted by molar-refractivity contribution is 0.207. The molecule has 0 atom stereocenters. The normalized spacial score (nSPS) is 21.7. The Morgan fingerprint density at radius 3 is 2.42 bits per heavy atom. The highest BCUT2D eigenvalue weighted by Crippen LogP contribution is 2.52. The number of rotatable bonds is 7. The van der Waals surface area contributed by atoms with Gasteiger partial charge in [0.2, 0.25) is 11.9 Å². The van der Waals surface area contributed by atoms with E-state index in [0.29, 0.717) is 41.0 Å².